The van der Waals surface area contributed by atoms with Gasteiger partial charge in [-0.05, 0) is 28.1 Å². The summed E-state index contributed by atoms with van der Waals surface area (Å²) in [7, 11) is 0. The number of pyridine rings is 1. The number of hydrogen-bond donors (Lipinski definition) is 2. The van der Waals surface area contributed by atoms with Gasteiger partial charge in [-0.1, -0.05) is 4.49 Å². The monoisotopic (exact) mass is 301 g/mol. The summed E-state index contributed by atoms with van der Waals surface area (Å²) in [4.78, 5) is 11.7. The van der Waals surface area contributed by atoms with Crippen LogP contribution in [-0.4, -0.2) is 14.2 Å². The summed E-state index contributed by atoms with van der Waals surface area (Å²) in [5, 5.41) is 4.56. The quantitative estimate of drug-likeness (QED) is 0.647. The first-order chi connectivity index (χ1) is 7.72. The zero-order valence-electron chi connectivity index (χ0n) is 8.05. The molecular weight excluding hydrogens is 294 g/mol. The molecule has 0 aromatic carbocycles. The standard InChI is InChI=1S/C8H8BrN5OS/c9-5-2-1-3-14(8(5)15)4-6-7(11-10)16-13-12-6/h1-3,11H,4,10H2. The van der Waals surface area contributed by atoms with Crippen LogP contribution in [0.15, 0.2) is 27.6 Å². The number of nitrogens with one attached hydrogen (secondary N) is 1. The number of aromatic nitrogens is 3. The summed E-state index contributed by atoms with van der Waals surface area (Å²) in [6.45, 7) is 0.342. The molecular formula is C8H8BrN5OS. The van der Waals surface area contributed by atoms with Crippen molar-refractivity contribution in [3.8, 4) is 0 Å². The van der Waals surface area contributed by atoms with Gasteiger partial charge in [0.2, 0.25) is 0 Å². The second kappa shape index (κ2) is 4.73. The van der Waals surface area contributed by atoms with Crippen molar-refractivity contribution in [1.82, 2.24) is 14.2 Å². The summed E-state index contributed by atoms with van der Waals surface area (Å²) < 4.78 is 5.81. The Morgan fingerprint density at radius 3 is 3.19 bits per heavy atom. The van der Waals surface area contributed by atoms with Crippen molar-refractivity contribution in [2.45, 2.75) is 6.54 Å². The second-order valence-electron chi connectivity index (χ2n) is 2.98. The Bertz CT molecular complexity index is 551. The van der Waals surface area contributed by atoms with Gasteiger partial charge < -0.3 is 9.99 Å². The summed E-state index contributed by atoms with van der Waals surface area (Å²) in [5.41, 5.74) is 3.03. The van der Waals surface area contributed by atoms with Crippen LogP contribution in [0.3, 0.4) is 0 Å². The number of nitrogens with two attached hydrogens (primary N) is 1. The Balaban J connectivity index is 2.34. The molecule has 0 spiro atoms. The van der Waals surface area contributed by atoms with Crippen LogP contribution in [0.25, 0.3) is 0 Å². The van der Waals surface area contributed by atoms with Gasteiger partial charge in [0.05, 0.1) is 11.0 Å². The minimum Gasteiger partial charge on any atom is -0.313 e. The molecule has 0 unspecified atom stereocenters. The summed E-state index contributed by atoms with van der Waals surface area (Å²) in [6.07, 6.45) is 1.69. The molecule has 0 aliphatic rings. The fourth-order valence-electron chi connectivity index (χ4n) is 1.22. The topological polar surface area (TPSA) is 85.8 Å². The Hall–Kier alpha value is -1.25. The third-order valence-electron chi connectivity index (χ3n) is 1.98. The average Bonchev–Trinajstić information content (AvgIpc) is 2.72. The van der Waals surface area contributed by atoms with Gasteiger partial charge in [0.15, 0.2) is 0 Å². The lowest BCUT2D eigenvalue weighted by molar-refractivity contribution is 0.732. The highest BCUT2D eigenvalue weighted by molar-refractivity contribution is 9.10. The molecule has 0 fully saturated rings. The highest BCUT2D eigenvalue weighted by Gasteiger charge is 2.08. The van der Waals surface area contributed by atoms with E-state index in [1.807, 2.05) is 0 Å². The molecule has 0 saturated carbocycles. The van der Waals surface area contributed by atoms with E-state index < -0.39 is 0 Å². The largest absolute Gasteiger partial charge is 0.313 e. The number of hydrazine groups is 1. The molecule has 0 bridgehead atoms. The SMILES string of the molecule is NNc1snnc1Cn1cccc(Br)c1=O. The lowest BCUT2D eigenvalue weighted by atomic mass is 10.4. The van der Waals surface area contributed by atoms with Gasteiger partial charge >= 0.3 is 0 Å². The predicted molar refractivity (Wildman–Crippen MR) is 65.2 cm³/mol. The molecule has 2 aromatic rings. The fraction of sp³-hybridized carbons (Fsp3) is 0.125. The molecule has 8 heteroatoms. The first-order valence-corrected chi connectivity index (χ1v) is 5.92. The van der Waals surface area contributed by atoms with E-state index in [2.05, 4.69) is 30.9 Å². The second-order valence-corrected chi connectivity index (χ2v) is 4.59. The van der Waals surface area contributed by atoms with Gasteiger partial charge in [0.25, 0.3) is 5.56 Å². The van der Waals surface area contributed by atoms with Crippen LogP contribution in [0.4, 0.5) is 5.00 Å². The lowest BCUT2D eigenvalue weighted by Gasteiger charge is -2.04. The molecule has 16 heavy (non-hydrogen) atoms. The Morgan fingerprint density at radius 1 is 1.62 bits per heavy atom. The zero-order chi connectivity index (χ0) is 11.5. The smallest absolute Gasteiger partial charge is 0.265 e. The zero-order valence-corrected chi connectivity index (χ0v) is 10.5. The fourth-order valence-corrected chi connectivity index (χ4v) is 2.08. The van der Waals surface area contributed by atoms with E-state index in [0.29, 0.717) is 21.7 Å². The van der Waals surface area contributed by atoms with E-state index in [1.54, 1.807) is 18.3 Å². The van der Waals surface area contributed by atoms with Crippen molar-refractivity contribution in [1.29, 1.82) is 0 Å². The Morgan fingerprint density at radius 2 is 2.44 bits per heavy atom. The van der Waals surface area contributed by atoms with Crippen LogP contribution in [0.5, 0.6) is 0 Å². The maximum Gasteiger partial charge on any atom is 0.265 e. The maximum atomic E-state index is 11.7. The van der Waals surface area contributed by atoms with Crippen LogP contribution in [0.2, 0.25) is 0 Å². The highest BCUT2D eigenvalue weighted by Crippen LogP contribution is 2.16. The lowest BCUT2D eigenvalue weighted by Crippen LogP contribution is -2.21. The van der Waals surface area contributed by atoms with Crippen molar-refractivity contribution < 1.29 is 0 Å². The van der Waals surface area contributed by atoms with Crippen molar-refractivity contribution >= 4 is 32.5 Å². The number of hydrogen-bond acceptors (Lipinski definition) is 6. The van der Waals surface area contributed by atoms with Crippen molar-refractivity contribution in [2.75, 3.05) is 5.43 Å². The van der Waals surface area contributed by atoms with Gasteiger partial charge in [-0.3, -0.25) is 4.79 Å². The van der Waals surface area contributed by atoms with E-state index in [9.17, 15) is 4.79 Å². The third kappa shape index (κ3) is 2.13. The average molecular weight is 302 g/mol. The highest BCUT2D eigenvalue weighted by atomic mass is 79.9. The first kappa shape index (κ1) is 11.2. The van der Waals surface area contributed by atoms with Gasteiger partial charge in [-0.25, -0.2) is 5.84 Å². The van der Waals surface area contributed by atoms with Gasteiger partial charge in [-0.2, -0.15) is 0 Å². The molecule has 2 heterocycles. The number of rotatable bonds is 3. The molecule has 0 atom stereocenters. The predicted octanol–water partition coefficient (Wildman–Crippen LogP) is 0.796. The normalized spacial score (nSPS) is 10.4. The van der Waals surface area contributed by atoms with E-state index in [4.69, 9.17) is 5.84 Å². The van der Waals surface area contributed by atoms with E-state index in [-0.39, 0.29) is 5.56 Å². The minimum absolute atomic E-state index is 0.113. The van der Waals surface area contributed by atoms with Crippen LogP contribution < -0.4 is 16.8 Å². The van der Waals surface area contributed by atoms with Gasteiger partial charge in [0, 0.05) is 17.7 Å². The van der Waals surface area contributed by atoms with Crippen LogP contribution in [0.1, 0.15) is 5.69 Å². The summed E-state index contributed by atoms with van der Waals surface area (Å²) in [6, 6.07) is 3.47. The first-order valence-electron chi connectivity index (χ1n) is 4.35. The molecule has 0 radical (unpaired) electrons. The number of halogens is 1. The maximum absolute atomic E-state index is 11.7. The Labute approximate surface area is 103 Å². The van der Waals surface area contributed by atoms with Crippen LogP contribution in [0, 0.1) is 0 Å². The summed E-state index contributed by atoms with van der Waals surface area (Å²) in [5.74, 6) is 5.30. The van der Waals surface area contributed by atoms with Crippen molar-refractivity contribution in [2.24, 2.45) is 5.84 Å². The molecule has 3 N–H and O–H groups in total. The van der Waals surface area contributed by atoms with Crippen molar-refractivity contribution in [3.63, 3.8) is 0 Å². The number of nitrogen functional groups attached to an aromatic ring is 1. The van der Waals surface area contributed by atoms with Crippen molar-refractivity contribution in [3.05, 3.63) is 38.9 Å². The molecule has 2 rings (SSSR count). The van der Waals surface area contributed by atoms with Crippen LogP contribution in [-0.2, 0) is 6.54 Å². The van der Waals surface area contributed by atoms with Crippen LogP contribution >= 0.6 is 27.5 Å². The molecule has 0 aliphatic carbocycles. The number of anilines is 1. The van der Waals surface area contributed by atoms with E-state index >= 15 is 0 Å². The van der Waals surface area contributed by atoms with Gasteiger partial charge in [-0.15, -0.1) is 5.10 Å². The van der Waals surface area contributed by atoms with E-state index in [0.717, 1.165) is 11.5 Å². The molecule has 84 valence electrons. The third-order valence-corrected chi connectivity index (χ3v) is 3.28. The molecule has 0 aliphatic heterocycles. The molecule has 0 saturated heterocycles. The minimum atomic E-state index is -0.113. The van der Waals surface area contributed by atoms with Gasteiger partial charge in [0.1, 0.15) is 10.7 Å². The molecule has 6 nitrogen and oxygen atoms in total. The number of nitrogens with zero attached hydrogens (tertiary/aromatic N) is 3. The molecule has 0 amide bonds. The van der Waals surface area contributed by atoms with E-state index in [1.165, 1.54) is 4.57 Å². The summed E-state index contributed by atoms with van der Waals surface area (Å²) >= 11 is 4.33. The molecule has 2 aromatic heterocycles. The Kier molecular flexibility index (Phi) is 3.32.